The smallest absolute Gasteiger partial charge is 0.291 e. The molecular weight excluding hydrogens is 460 g/mol. The van der Waals surface area contributed by atoms with Crippen LogP contribution in [0.2, 0.25) is 0 Å². The van der Waals surface area contributed by atoms with Crippen molar-refractivity contribution in [3.8, 4) is 5.75 Å². The molecule has 6 nitrogen and oxygen atoms in total. The topological polar surface area (TPSA) is 80.6 Å². The van der Waals surface area contributed by atoms with Gasteiger partial charge in [-0.1, -0.05) is 18.2 Å². The third-order valence-electron chi connectivity index (χ3n) is 4.80. The number of hydrogen-bond acceptors (Lipinski definition) is 4. The molecule has 0 aliphatic rings. The quantitative estimate of drug-likeness (QED) is 0.367. The number of fused-ring (bicyclic) bond motifs is 1. The van der Waals surface area contributed by atoms with Gasteiger partial charge in [0.2, 0.25) is 0 Å². The van der Waals surface area contributed by atoms with Crippen molar-refractivity contribution in [1.82, 2.24) is 0 Å². The van der Waals surface area contributed by atoms with Crippen molar-refractivity contribution in [1.29, 1.82) is 0 Å². The van der Waals surface area contributed by atoms with Crippen LogP contribution in [0.25, 0.3) is 11.0 Å². The van der Waals surface area contributed by atoms with Crippen LogP contribution in [-0.2, 0) is 0 Å². The van der Waals surface area contributed by atoms with Crippen LogP contribution in [0.5, 0.6) is 5.75 Å². The summed E-state index contributed by atoms with van der Waals surface area (Å²) in [5.41, 5.74) is 3.21. The summed E-state index contributed by atoms with van der Waals surface area (Å²) in [5.74, 6) is 0.306. The zero-order valence-corrected chi connectivity index (χ0v) is 18.4. The first-order valence-corrected chi connectivity index (χ1v) is 10.3. The second-order valence-corrected chi connectivity index (χ2v) is 7.79. The average Bonchev–Trinajstić information content (AvgIpc) is 3.20. The number of hydrogen-bond donors (Lipinski definition) is 2. The Bertz CT molecular complexity index is 1260. The zero-order valence-electron chi connectivity index (χ0n) is 16.9. The van der Waals surface area contributed by atoms with Gasteiger partial charge in [0.1, 0.15) is 11.3 Å². The van der Waals surface area contributed by atoms with Crippen LogP contribution >= 0.6 is 15.9 Å². The van der Waals surface area contributed by atoms with Gasteiger partial charge in [-0.2, -0.15) is 0 Å². The summed E-state index contributed by atoms with van der Waals surface area (Å²) in [6, 6.07) is 19.5. The zero-order chi connectivity index (χ0) is 22.0. The van der Waals surface area contributed by atoms with Crippen LogP contribution in [0.1, 0.15) is 26.5 Å². The molecule has 1 heterocycles. The second-order valence-electron chi connectivity index (χ2n) is 6.94. The highest BCUT2D eigenvalue weighted by Crippen LogP contribution is 2.27. The van der Waals surface area contributed by atoms with E-state index in [4.69, 9.17) is 9.15 Å². The Morgan fingerprint density at radius 2 is 1.74 bits per heavy atom. The fourth-order valence-electron chi connectivity index (χ4n) is 3.17. The van der Waals surface area contributed by atoms with Crippen molar-refractivity contribution in [2.75, 3.05) is 17.7 Å². The van der Waals surface area contributed by atoms with E-state index in [0.29, 0.717) is 32.7 Å². The highest BCUT2D eigenvalue weighted by Gasteiger charge is 2.14. The summed E-state index contributed by atoms with van der Waals surface area (Å²) < 4.78 is 11.5. The van der Waals surface area contributed by atoms with Gasteiger partial charge in [0, 0.05) is 22.3 Å². The van der Waals surface area contributed by atoms with Gasteiger partial charge in [-0.15, -0.1) is 0 Å². The lowest BCUT2D eigenvalue weighted by molar-refractivity contribution is 0.0996. The molecular formula is C24H19BrN2O4. The number of ether oxygens (including phenoxy) is 1. The van der Waals surface area contributed by atoms with Gasteiger partial charge in [0.15, 0.2) is 5.76 Å². The predicted octanol–water partition coefficient (Wildman–Crippen LogP) is 6.02. The first-order valence-electron chi connectivity index (χ1n) is 9.50. The van der Waals surface area contributed by atoms with E-state index >= 15 is 0 Å². The maximum absolute atomic E-state index is 12.6. The molecule has 0 unspecified atom stereocenters. The van der Waals surface area contributed by atoms with Gasteiger partial charge in [-0.25, -0.2) is 0 Å². The van der Waals surface area contributed by atoms with Gasteiger partial charge in [-0.3, -0.25) is 9.59 Å². The molecule has 3 aromatic carbocycles. The van der Waals surface area contributed by atoms with Crippen LogP contribution < -0.4 is 15.4 Å². The van der Waals surface area contributed by atoms with Crippen LogP contribution in [0.15, 0.2) is 75.6 Å². The molecule has 31 heavy (non-hydrogen) atoms. The fraction of sp³-hybridized carbons (Fsp3) is 0.0833. The highest BCUT2D eigenvalue weighted by atomic mass is 79.9. The second kappa shape index (κ2) is 8.65. The van der Waals surface area contributed by atoms with E-state index in [0.717, 1.165) is 10.9 Å². The number of methoxy groups -OCH3 is 1. The molecule has 0 spiro atoms. The first kappa shape index (κ1) is 20.7. The molecule has 0 fully saturated rings. The molecule has 0 atom stereocenters. The number of amides is 2. The Hall–Kier alpha value is -3.58. The number of halogens is 1. The number of benzene rings is 3. The molecule has 0 radical (unpaired) electrons. The molecule has 156 valence electrons. The minimum absolute atomic E-state index is 0.239. The van der Waals surface area contributed by atoms with Crippen molar-refractivity contribution in [2.24, 2.45) is 0 Å². The molecule has 0 saturated carbocycles. The maximum atomic E-state index is 12.6. The van der Waals surface area contributed by atoms with E-state index in [1.807, 2.05) is 31.2 Å². The number of carbonyl (C=O) groups is 2. The Morgan fingerprint density at radius 3 is 2.45 bits per heavy atom. The van der Waals surface area contributed by atoms with Crippen molar-refractivity contribution in [3.05, 3.63) is 88.1 Å². The highest BCUT2D eigenvalue weighted by molar-refractivity contribution is 9.10. The minimum atomic E-state index is -0.334. The fourth-order valence-corrected chi connectivity index (χ4v) is 3.71. The Balaban J connectivity index is 1.46. The van der Waals surface area contributed by atoms with Gasteiger partial charge < -0.3 is 19.8 Å². The summed E-state index contributed by atoms with van der Waals surface area (Å²) in [7, 11) is 1.57. The molecule has 4 rings (SSSR count). The Kier molecular flexibility index (Phi) is 5.77. The summed E-state index contributed by atoms with van der Waals surface area (Å²) in [6.45, 7) is 1.86. The third-order valence-corrected chi connectivity index (χ3v) is 5.42. The third kappa shape index (κ3) is 4.46. The summed E-state index contributed by atoms with van der Waals surface area (Å²) in [4.78, 5) is 25.1. The number of furan rings is 1. The van der Waals surface area contributed by atoms with Gasteiger partial charge in [0.05, 0.1) is 11.6 Å². The Morgan fingerprint density at radius 1 is 0.935 bits per heavy atom. The minimum Gasteiger partial charge on any atom is -0.496 e. The molecule has 0 bridgehead atoms. The van der Waals surface area contributed by atoms with E-state index in [9.17, 15) is 9.59 Å². The lowest BCUT2D eigenvalue weighted by Gasteiger charge is -2.11. The molecule has 4 aromatic rings. The summed E-state index contributed by atoms with van der Waals surface area (Å²) in [5, 5.41) is 6.58. The first-order chi connectivity index (χ1) is 14.9. The lowest BCUT2D eigenvalue weighted by atomic mass is 10.1. The Labute approximate surface area is 187 Å². The molecule has 2 amide bonds. The van der Waals surface area contributed by atoms with Crippen molar-refractivity contribution in [2.45, 2.75) is 6.92 Å². The predicted molar refractivity (Wildman–Crippen MR) is 124 cm³/mol. The van der Waals surface area contributed by atoms with E-state index in [-0.39, 0.29) is 17.6 Å². The van der Waals surface area contributed by atoms with E-state index in [2.05, 4.69) is 26.6 Å². The maximum Gasteiger partial charge on any atom is 0.291 e. The molecule has 0 aliphatic heterocycles. The van der Waals surface area contributed by atoms with E-state index in [1.54, 1.807) is 49.6 Å². The van der Waals surface area contributed by atoms with E-state index in [1.165, 1.54) is 0 Å². The number of aryl methyl sites for hydroxylation is 1. The number of anilines is 2. The standard InChI is InChI=1S/C24H19BrN2O4/c1-14-11-17(26-23(28)16-7-10-21(30-2)18(25)12-16)8-9-19(14)27-24(29)22-13-15-5-3-4-6-20(15)31-22/h3-13H,1-2H3,(H,26,28)(H,27,29). The normalized spacial score (nSPS) is 10.7. The largest absolute Gasteiger partial charge is 0.496 e. The average molecular weight is 479 g/mol. The lowest BCUT2D eigenvalue weighted by Crippen LogP contribution is -2.14. The number of rotatable bonds is 5. The van der Waals surface area contributed by atoms with Crippen LogP contribution in [0.3, 0.4) is 0 Å². The van der Waals surface area contributed by atoms with Crippen molar-refractivity contribution < 1.29 is 18.7 Å². The molecule has 0 aliphatic carbocycles. The molecule has 0 saturated heterocycles. The number of carbonyl (C=O) groups excluding carboxylic acids is 2. The van der Waals surface area contributed by atoms with Gasteiger partial charge >= 0.3 is 0 Å². The SMILES string of the molecule is COc1ccc(C(=O)Nc2ccc(NC(=O)c3cc4ccccc4o3)c(C)c2)cc1Br. The molecule has 1 aromatic heterocycles. The number of nitrogens with one attached hydrogen (secondary N) is 2. The number of para-hydroxylation sites is 1. The van der Waals surface area contributed by atoms with Gasteiger partial charge in [-0.05, 0) is 76.9 Å². The van der Waals surface area contributed by atoms with Crippen molar-refractivity contribution in [3.63, 3.8) is 0 Å². The van der Waals surface area contributed by atoms with Crippen LogP contribution in [-0.4, -0.2) is 18.9 Å². The summed E-state index contributed by atoms with van der Waals surface area (Å²) in [6.07, 6.45) is 0. The molecule has 2 N–H and O–H groups in total. The van der Waals surface area contributed by atoms with Crippen LogP contribution in [0.4, 0.5) is 11.4 Å². The molecule has 7 heteroatoms. The van der Waals surface area contributed by atoms with Crippen LogP contribution in [0, 0.1) is 6.92 Å². The van der Waals surface area contributed by atoms with Gasteiger partial charge in [0.25, 0.3) is 11.8 Å². The summed E-state index contributed by atoms with van der Waals surface area (Å²) >= 11 is 3.38. The monoisotopic (exact) mass is 478 g/mol. The van der Waals surface area contributed by atoms with Crippen molar-refractivity contribution >= 4 is 50.1 Å². The van der Waals surface area contributed by atoms with E-state index < -0.39 is 0 Å².